The first-order valence-corrected chi connectivity index (χ1v) is 22.1. The fraction of sp³-hybridized carbons (Fsp3) is 0.800. The molecule has 1 fully saturated rings. The molecule has 0 aliphatic carbocycles. The Balaban J connectivity index is 2.53. The van der Waals surface area contributed by atoms with E-state index in [0.29, 0.717) is 45.1 Å². The maximum atomic E-state index is 12.9. The van der Waals surface area contributed by atoms with Gasteiger partial charge in [-0.3, -0.25) is 19.2 Å². The van der Waals surface area contributed by atoms with Gasteiger partial charge in [0.25, 0.3) is 0 Å². The third-order valence-electron chi connectivity index (χ3n) is 9.92. The van der Waals surface area contributed by atoms with Gasteiger partial charge in [-0.1, -0.05) is 76.0 Å². The zero-order valence-corrected chi connectivity index (χ0v) is 36.3. The van der Waals surface area contributed by atoms with Crippen molar-refractivity contribution in [3.8, 4) is 0 Å². The minimum atomic E-state index is -0.528. The Morgan fingerprint density at radius 3 is 1.70 bits per heavy atom. The minimum absolute atomic E-state index is 0.0414. The molecule has 2 unspecified atom stereocenters. The first-order chi connectivity index (χ1) is 27.5. The van der Waals surface area contributed by atoms with Crippen LogP contribution in [0.1, 0.15) is 169 Å². The van der Waals surface area contributed by atoms with Crippen molar-refractivity contribution < 1.29 is 47.7 Å². The summed E-state index contributed by atoms with van der Waals surface area (Å²) in [6.07, 6.45) is 19.1. The highest BCUT2D eigenvalue weighted by Crippen LogP contribution is 2.16. The molecular formula is C45H78N2O10. The molecule has 1 aliphatic heterocycles. The molecule has 12 heteroatoms. The van der Waals surface area contributed by atoms with Crippen LogP contribution in [0.25, 0.3) is 0 Å². The van der Waals surface area contributed by atoms with E-state index in [0.717, 1.165) is 83.8 Å². The zero-order chi connectivity index (χ0) is 41.9. The van der Waals surface area contributed by atoms with Gasteiger partial charge in [0.2, 0.25) is 0 Å². The van der Waals surface area contributed by atoms with Gasteiger partial charge in [-0.2, -0.15) is 0 Å². The maximum absolute atomic E-state index is 12.9. The number of rotatable bonds is 34. The van der Waals surface area contributed by atoms with Crippen molar-refractivity contribution in [3.63, 3.8) is 0 Å². The van der Waals surface area contributed by atoms with Crippen LogP contribution in [0.15, 0.2) is 23.3 Å². The molecule has 1 heterocycles. The van der Waals surface area contributed by atoms with Crippen LogP contribution < -0.4 is 5.32 Å². The lowest BCUT2D eigenvalue weighted by atomic mass is 10.1. The molecule has 2 atom stereocenters. The Kier molecular flexibility index (Phi) is 31.3. The van der Waals surface area contributed by atoms with Crippen LogP contribution in [0, 0.1) is 5.92 Å². The molecule has 1 amide bonds. The van der Waals surface area contributed by atoms with E-state index in [4.69, 9.17) is 23.7 Å². The number of nitrogens with one attached hydrogen (secondary N) is 1. The molecule has 0 saturated carbocycles. The largest absolute Gasteiger partial charge is 0.465 e. The number of likely N-dealkylation sites (tertiary alicyclic amines) is 1. The lowest BCUT2D eigenvalue weighted by molar-refractivity contribution is -0.154. The molecule has 0 radical (unpaired) electrons. The summed E-state index contributed by atoms with van der Waals surface area (Å²) in [4.78, 5) is 64.8. The fourth-order valence-corrected chi connectivity index (χ4v) is 6.30. The van der Waals surface area contributed by atoms with Gasteiger partial charge in [0, 0.05) is 38.8 Å². The van der Waals surface area contributed by atoms with Crippen molar-refractivity contribution in [2.24, 2.45) is 5.92 Å². The highest BCUT2D eigenvalue weighted by molar-refractivity contribution is 5.71. The smallest absolute Gasteiger partial charge is 0.407 e. The molecule has 57 heavy (non-hydrogen) atoms. The number of carbonyl (C=O) groups excluding carboxylic acids is 5. The minimum Gasteiger partial charge on any atom is -0.465 e. The van der Waals surface area contributed by atoms with Crippen molar-refractivity contribution in [3.05, 3.63) is 23.3 Å². The lowest BCUT2D eigenvalue weighted by Gasteiger charge is -2.20. The number of carbonyl (C=O) groups is 5. The van der Waals surface area contributed by atoms with Gasteiger partial charge in [0.05, 0.1) is 5.92 Å². The Hall–Kier alpha value is -3.41. The Morgan fingerprint density at radius 1 is 0.614 bits per heavy atom. The van der Waals surface area contributed by atoms with Crippen LogP contribution in [0.5, 0.6) is 0 Å². The number of alkyl carbamates (subject to hydrolysis) is 1. The Bertz CT molecular complexity index is 1180. The van der Waals surface area contributed by atoms with Gasteiger partial charge in [-0.25, -0.2) is 4.79 Å². The predicted octanol–water partition coefficient (Wildman–Crippen LogP) is 9.33. The molecule has 0 spiro atoms. The van der Waals surface area contributed by atoms with Crippen LogP contribution in [0.2, 0.25) is 0 Å². The number of ether oxygens (including phenoxy) is 5. The SMILES string of the molecule is CCCCCCC(=O)OCC(COC(=O)CCCCCC(=O)OC/C=C(/C)CCC=C(C)C)COC(=O)CCC(CCCCCC)OC(=O)NCCN1CCCC1. The summed E-state index contributed by atoms with van der Waals surface area (Å²) in [5.41, 5.74) is 2.48. The highest BCUT2D eigenvalue weighted by atomic mass is 16.6. The molecule has 1 N–H and O–H groups in total. The third-order valence-corrected chi connectivity index (χ3v) is 9.92. The van der Waals surface area contributed by atoms with E-state index in [-0.39, 0.29) is 57.6 Å². The third kappa shape index (κ3) is 31.3. The van der Waals surface area contributed by atoms with Gasteiger partial charge >= 0.3 is 30.0 Å². The van der Waals surface area contributed by atoms with Crippen LogP contribution in [0.4, 0.5) is 4.79 Å². The van der Waals surface area contributed by atoms with E-state index in [9.17, 15) is 24.0 Å². The van der Waals surface area contributed by atoms with Gasteiger partial charge in [-0.15, -0.1) is 0 Å². The second kappa shape index (κ2) is 34.6. The van der Waals surface area contributed by atoms with Crippen LogP contribution in [-0.4, -0.2) is 93.6 Å². The van der Waals surface area contributed by atoms with Gasteiger partial charge in [0.1, 0.15) is 32.5 Å². The first kappa shape index (κ1) is 51.6. The van der Waals surface area contributed by atoms with Gasteiger partial charge < -0.3 is 33.9 Å². The number of allylic oxidation sites excluding steroid dienone is 3. The number of hydrogen-bond donors (Lipinski definition) is 1. The summed E-state index contributed by atoms with van der Waals surface area (Å²) in [7, 11) is 0. The number of nitrogens with zero attached hydrogens (tertiary/aromatic N) is 1. The summed E-state index contributed by atoms with van der Waals surface area (Å²) in [6.45, 7) is 13.9. The maximum Gasteiger partial charge on any atom is 0.407 e. The van der Waals surface area contributed by atoms with E-state index < -0.39 is 30.1 Å². The Labute approximate surface area is 344 Å². The molecule has 0 aromatic rings. The van der Waals surface area contributed by atoms with Crippen LogP contribution in [-0.2, 0) is 42.9 Å². The van der Waals surface area contributed by atoms with Gasteiger partial charge in [0.15, 0.2) is 0 Å². The highest BCUT2D eigenvalue weighted by Gasteiger charge is 2.21. The summed E-state index contributed by atoms with van der Waals surface area (Å²) >= 11 is 0. The molecule has 1 aliphatic rings. The number of esters is 4. The first-order valence-electron chi connectivity index (χ1n) is 22.1. The zero-order valence-electron chi connectivity index (χ0n) is 36.3. The summed E-state index contributed by atoms with van der Waals surface area (Å²) < 4.78 is 27.6. The molecule has 12 nitrogen and oxygen atoms in total. The van der Waals surface area contributed by atoms with Crippen molar-refractivity contribution in [1.82, 2.24) is 10.2 Å². The topological polar surface area (TPSA) is 147 Å². The molecule has 328 valence electrons. The standard InChI is InChI=1S/C45H78N2O10/c1-6-8-10-13-22-40(57-45(52)46-29-32-47-30-17-18-31-47)26-27-44(51)56-36-39(34-54-42(49)24-14-11-9-7-2)35-55-43(50)25-16-12-15-23-41(48)53-33-28-38(5)21-19-20-37(3)4/h20,28,39-40H,6-19,21-27,29-36H2,1-5H3,(H,46,52)/b38-28-. The van der Waals surface area contributed by atoms with Gasteiger partial charge in [-0.05, 0) is 104 Å². The molecule has 1 rings (SSSR count). The summed E-state index contributed by atoms with van der Waals surface area (Å²) in [5.74, 6) is -1.99. The van der Waals surface area contributed by atoms with Crippen molar-refractivity contribution in [2.45, 2.75) is 176 Å². The monoisotopic (exact) mass is 807 g/mol. The van der Waals surface area contributed by atoms with E-state index in [2.05, 4.69) is 44.0 Å². The average molecular weight is 807 g/mol. The summed E-state index contributed by atoms with van der Waals surface area (Å²) in [6, 6.07) is 0. The molecule has 1 saturated heterocycles. The normalized spacial score (nSPS) is 14.0. The van der Waals surface area contributed by atoms with Crippen molar-refractivity contribution >= 4 is 30.0 Å². The van der Waals surface area contributed by atoms with E-state index in [1.54, 1.807) is 0 Å². The molecular weight excluding hydrogens is 728 g/mol. The molecule has 0 aromatic heterocycles. The quantitative estimate of drug-likeness (QED) is 0.0287. The number of unbranched alkanes of at least 4 members (excludes halogenated alkanes) is 8. The van der Waals surface area contributed by atoms with Crippen LogP contribution in [0.3, 0.4) is 0 Å². The number of hydrogen-bond acceptors (Lipinski definition) is 11. The fourth-order valence-electron chi connectivity index (χ4n) is 6.30. The lowest BCUT2D eigenvalue weighted by Crippen LogP contribution is -2.35. The van der Waals surface area contributed by atoms with E-state index in [1.807, 2.05) is 13.0 Å². The molecule has 0 aromatic carbocycles. The molecule has 0 bridgehead atoms. The van der Waals surface area contributed by atoms with E-state index >= 15 is 0 Å². The van der Waals surface area contributed by atoms with E-state index in [1.165, 1.54) is 24.0 Å². The average Bonchev–Trinajstić information content (AvgIpc) is 3.70. The predicted molar refractivity (Wildman–Crippen MR) is 224 cm³/mol. The second-order valence-corrected chi connectivity index (χ2v) is 15.7. The summed E-state index contributed by atoms with van der Waals surface area (Å²) in [5, 5.41) is 2.85. The Morgan fingerprint density at radius 2 is 1.14 bits per heavy atom. The second-order valence-electron chi connectivity index (χ2n) is 15.7. The van der Waals surface area contributed by atoms with Crippen molar-refractivity contribution in [2.75, 3.05) is 52.6 Å². The van der Waals surface area contributed by atoms with Crippen molar-refractivity contribution in [1.29, 1.82) is 0 Å². The number of amides is 1. The van der Waals surface area contributed by atoms with Crippen LogP contribution >= 0.6 is 0 Å².